The average Bonchev–Trinajstić information content (AvgIpc) is 3.38. The molecule has 0 nitrogen and oxygen atoms in total. The summed E-state index contributed by atoms with van der Waals surface area (Å²) in [7, 11) is 0. The van der Waals surface area contributed by atoms with Crippen molar-refractivity contribution in [3.8, 4) is 0 Å². The van der Waals surface area contributed by atoms with E-state index in [1.165, 1.54) is 116 Å². The topological polar surface area (TPSA) is 0 Å². The van der Waals surface area contributed by atoms with Crippen molar-refractivity contribution in [2.75, 3.05) is 0 Å². The van der Waals surface area contributed by atoms with Gasteiger partial charge in [-0.05, 0) is 38.5 Å². The van der Waals surface area contributed by atoms with Crippen molar-refractivity contribution in [1.82, 2.24) is 0 Å². The molecule has 2 atom stereocenters. The minimum Gasteiger partial charge on any atom is -1.00 e. The van der Waals surface area contributed by atoms with Crippen molar-refractivity contribution in [1.29, 1.82) is 0 Å². The summed E-state index contributed by atoms with van der Waals surface area (Å²) in [4.78, 5) is 0. The predicted octanol–water partition coefficient (Wildman–Crippen LogP) is 3.66. The van der Waals surface area contributed by atoms with E-state index in [0.29, 0.717) is 0 Å². The summed E-state index contributed by atoms with van der Waals surface area (Å²) in [5, 5.41) is 0. The van der Waals surface area contributed by atoms with Gasteiger partial charge >= 0.3 is 26.2 Å². The van der Waals surface area contributed by atoms with Crippen molar-refractivity contribution in [2.45, 2.75) is 116 Å². The average molecular weight is 569 g/mol. The van der Waals surface area contributed by atoms with Gasteiger partial charge in [0.25, 0.3) is 0 Å². The Morgan fingerprint density at radius 2 is 0.909 bits per heavy atom. The van der Waals surface area contributed by atoms with Crippen LogP contribution in [-0.2, 0) is 26.2 Å². The quantitative estimate of drug-likeness (QED) is 0.392. The van der Waals surface area contributed by atoms with Crippen LogP contribution >= 0.6 is 0 Å². The van der Waals surface area contributed by atoms with Crippen LogP contribution in [-0.4, -0.2) is 0 Å². The number of halogens is 2. The Hall–Kier alpha value is 0.163. The van der Waals surface area contributed by atoms with Gasteiger partial charge in [0.15, 0.2) is 0 Å². The smallest absolute Gasteiger partial charge is 1.00 e. The third-order valence-corrected chi connectivity index (χ3v) is 7.43. The van der Waals surface area contributed by atoms with Gasteiger partial charge in [0.2, 0.25) is 0 Å². The number of fused-ring (bicyclic) bond motifs is 2. The molecular formula is C30H46Cl2Zr. The molecule has 0 N–H and O–H groups in total. The number of hydrogen-bond acceptors (Lipinski definition) is 0. The van der Waals surface area contributed by atoms with E-state index < -0.39 is 0 Å². The molecule has 2 saturated carbocycles. The van der Waals surface area contributed by atoms with Crippen LogP contribution in [0.4, 0.5) is 0 Å². The van der Waals surface area contributed by atoms with E-state index in [0.717, 1.165) is 11.8 Å². The van der Waals surface area contributed by atoms with E-state index in [2.05, 4.69) is 49.3 Å². The van der Waals surface area contributed by atoms with Gasteiger partial charge in [-0.2, -0.15) is 0 Å². The molecule has 4 aliphatic carbocycles. The number of allylic oxidation sites excluding steroid dienone is 8. The third kappa shape index (κ3) is 13.7. The van der Waals surface area contributed by atoms with E-state index in [1.807, 2.05) is 0 Å². The molecule has 33 heavy (non-hydrogen) atoms. The van der Waals surface area contributed by atoms with Gasteiger partial charge in [-0.15, -0.1) is 37.1 Å². The summed E-state index contributed by atoms with van der Waals surface area (Å²) in [5.41, 5.74) is 3.23. The van der Waals surface area contributed by atoms with Crippen LogP contribution in [0.2, 0.25) is 0 Å². The van der Waals surface area contributed by atoms with Crippen molar-refractivity contribution in [2.24, 2.45) is 11.8 Å². The van der Waals surface area contributed by atoms with Gasteiger partial charge in [-0.25, -0.2) is 36.1 Å². The first-order valence-electron chi connectivity index (χ1n) is 13.3. The zero-order valence-electron chi connectivity index (χ0n) is 20.8. The predicted molar refractivity (Wildman–Crippen MR) is 133 cm³/mol. The second-order valence-corrected chi connectivity index (χ2v) is 9.84. The Morgan fingerprint density at radius 1 is 0.515 bits per heavy atom. The van der Waals surface area contributed by atoms with Crippen molar-refractivity contribution in [3.05, 3.63) is 60.4 Å². The largest absolute Gasteiger partial charge is 4.00 e. The summed E-state index contributed by atoms with van der Waals surface area (Å²) in [5.74, 6) is 1.77. The van der Waals surface area contributed by atoms with Gasteiger partial charge in [0, 0.05) is 0 Å². The van der Waals surface area contributed by atoms with Crippen LogP contribution in [0.25, 0.3) is 0 Å². The summed E-state index contributed by atoms with van der Waals surface area (Å²) in [6.07, 6.45) is 44.0. The van der Waals surface area contributed by atoms with E-state index in [-0.39, 0.29) is 51.0 Å². The molecule has 0 aromatic carbocycles. The number of hydrogen-bond donors (Lipinski definition) is 0. The SMILES string of the molecule is C1=CCCCCCCCC2CC[CH-]C2=C1.C1=CCCCCCCCC2CC[CH-]C2=C1.[Cl-].[Cl-].[Zr+4]. The molecule has 184 valence electrons. The molecule has 0 heterocycles. The molecule has 3 heteroatoms. The number of rotatable bonds is 0. The first-order chi connectivity index (χ1) is 14.9. The Labute approximate surface area is 237 Å². The molecule has 2 fully saturated rings. The normalized spacial score (nSPS) is 25.7. The molecule has 4 aliphatic rings. The summed E-state index contributed by atoms with van der Waals surface area (Å²) in [6.45, 7) is 0. The van der Waals surface area contributed by atoms with Gasteiger partial charge in [-0.1, -0.05) is 76.0 Å². The minimum absolute atomic E-state index is 0. The fourth-order valence-electron chi connectivity index (χ4n) is 5.52. The molecule has 4 rings (SSSR count). The van der Waals surface area contributed by atoms with Crippen LogP contribution in [0.1, 0.15) is 116 Å². The third-order valence-electron chi connectivity index (χ3n) is 7.43. The van der Waals surface area contributed by atoms with Crippen molar-refractivity contribution >= 4 is 0 Å². The minimum atomic E-state index is 0. The molecule has 0 saturated heterocycles. The first-order valence-corrected chi connectivity index (χ1v) is 13.3. The van der Waals surface area contributed by atoms with Gasteiger partial charge in [0.05, 0.1) is 0 Å². The summed E-state index contributed by atoms with van der Waals surface area (Å²) < 4.78 is 0. The fourth-order valence-corrected chi connectivity index (χ4v) is 5.52. The van der Waals surface area contributed by atoms with Gasteiger partial charge in [0.1, 0.15) is 0 Å². The molecular weight excluding hydrogens is 522 g/mol. The Bertz CT molecular complexity index is 538. The maximum absolute atomic E-state index is 2.45. The van der Waals surface area contributed by atoms with E-state index in [9.17, 15) is 0 Å². The van der Waals surface area contributed by atoms with Crippen LogP contribution in [0, 0.1) is 24.7 Å². The first kappa shape index (κ1) is 33.2. The van der Waals surface area contributed by atoms with Crippen molar-refractivity contribution < 1.29 is 51.0 Å². The maximum Gasteiger partial charge on any atom is 4.00 e. The Morgan fingerprint density at radius 3 is 1.36 bits per heavy atom. The molecule has 0 aliphatic heterocycles. The molecule has 0 spiro atoms. The molecule has 0 amide bonds. The van der Waals surface area contributed by atoms with Crippen LogP contribution in [0.3, 0.4) is 0 Å². The van der Waals surface area contributed by atoms with E-state index in [1.54, 1.807) is 11.1 Å². The standard InChI is InChI=1S/2C15H23.2ClH.Zr/c2*1-2-4-6-8-11-15-13-9-12-14(15)10-7-5-3-1;;;/h2*5,7,10,12,15H,1-4,6,8-9,11,13H2;2*1H;/q2*-1;;;+4/p-2. The maximum atomic E-state index is 2.45. The zero-order valence-corrected chi connectivity index (χ0v) is 24.7. The van der Waals surface area contributed by atoms with Crippen LogP contribution in [0.15, 0.2) is 47.6 Å². The fraction of sp³-hybridized carbons (Fsp3) is 0.667. The van der Waals surface area contributed by atoms with E-state index in [4.69, 9.17) is 0 Å². The van der Waals surface area contributed by atoms with Crippen LogP contribution in [0.5, 0.6) is 0 Å². The molecule has 0 aromatic heterocycles. The summed E-state index contributed by atoms with van der Waals surface area (Å²) >= 11 is 0. The molecule has 0 aromatic rings. The molecule has 0 radical (unpaired) electrons. The van der Waals surface area contributed by atoms with Gasteiger partial charge in [-0.3, -0.25) is 0 Å². The Balaban J connectivity index is 0.000000569. The Kier molecular flexibility index (Phi) is 21.6. The monoisotopic (exact) mass is 566 g/mol. The summed E-state index contributed by atoms with van der Waals surface area (Å²) in [6, 6.07) is 0. The van der Waals surface area contributed by atoms with Gasteiger partial charge < -0.3 is 24.8 Å². The molecule has 2 unspecified atom stereocenters. The molecule has 0 bridgehead atoms. The van der Waals surface area contributed by atoms with Crippen molar-refractivity contribution in [3.63, 3.8) is 0 Å². The second kappa shape index (κ2) is 21.4. The van der Waals surface area contributed by atoms with Crippen LogP contribution < -0.4 is 24.8 Å². The van der Waals surface area contributed by atoms with E-state index >= 15 is 0 Å². The zero-order chi connectivity index (χ0) is 20.7. The second-order valence-electron chi connectivity index (χ2n) is 9.84.